The molecule has 16 heavy (non-hydrogen) atoms. The normalized spacial score (nSPS) is 9.50. The molecule has 0 radical (unpaired) electrons. The first-order valence-corrected chi connectivity index (χ1v) is 4.50. The summed E-state index contributed by atoms with van der Waals surface area (Å²) in [6.07, 6.45) is -0.828. The molecule has 0 aromatic heterocycles. The number of hydrogen-bond donors (Lipinski definition) is 2. The number of amides is 1. The highest BCUT2D eigenvalue weighted by Gasteiger charge is 2.03. The number of nitrogens with zero attached hydrogens (tertiary/aromatic N) is 1. The van der Waals surface area contributed by atoms with Gasteiger partial charge < -0.3 is 15.8 Å². The maximum atomic E-state index is 10.4. The van der Waals surface area contributed by atoms with Crippen molar-refractivity contribution in [2.45, 2.75) is 0 Å². The summed E-state index contributed by atoms with van der Waals surface area (Å²) < 4.78 is 4.49. The Labute approximate surface area is 91.3 Å². The molecule has 0 aliphatic heterocycles. The van der Waals surface area contributed by atoms with Crippen molar-refractivity contribution in [1.29, 1.82) is 0 Å². The maximum Gasteiger partial charge on any atom is 0.404 e. The standard InChI is InChI=1S/C9H11N3O4/c10-9(13)16-6-5-11-7-1-3-8(4-2-7)12(14)15/h1-4,11H,5-6H2,(H2,10,13). The predicted molar refractivity (Wildman–Crippen MR) is 57.1 cm³/mol. The van der Waals surface area contributed by atoms with Gasteiger partial charge in [-0.3, -0.25) is 10.1 Å². The molecule has 0 saturated carbocycles. The van der Waals surface area contributed by atoms with Crippen molar-refractivity contribution in [3.05, 3.63) is 34.4 Å². The largest absolute Gasteiger partial charge is 0.448 e. The van der Waals surface area contributed by atoms with Crippen LogP contribution in [0.3, 0.4) is 0 Å². The molecule has 7 heteroatoms. The molecule has 0 bridgehead atoms. The van der Waals surface area contributed by atoms with Crippen molar-refractivity contribution in [2.75, 3.05) is 18.5 Å². The topological polar surface area (TPSA) is 107 Å². The first-order chi connectivity index (χ1) is 7.59. The molecule has 0 fully saturated rings. The van der Waals surface area contributed by atoms with Gasteiger partial charge >= 0.3 is 6.09 Å². The van der Waals surface area contributed by atoms with E-state index in [0.29, 0.717) is 12.2 Å². The Morgan fingerprint density at radius 1 is 1.44 bits per heavy atom. The van der Waals surface area contributed by atoms with Gasteiger partial charge in [0.2, 0.25) is 0 Å². The number of anilines is 1. The molecule has 1 aromatic carbocycles. The van der Waals surface area contributed by atoms with E-state index in [-0.39, 0.29) is 12.3 Å². The number of carbonyl (C=O) groups is 1. The Morgan fingerprint density at radius 2 is 2.06 bits per heavy atom. The van der Waals surface area contributed by atoms with Gasteiger partial charge in [0.15, 0.2) is 0 Å². The lowest BCUT2D eigenvalue weighted by Gasteiger charge is -2.05. The highest BCUT2D eigenvalue weighted by Crippen LogP contribution is 2.14. The van der Waals surface area contributed by atoms with Crippen LogP contribution in [0, 0.1) is 10.1 Å². The van der Waals surface area contributed by atoms with Crippen LogP contribution >= 0.6 is 0 Å². The van der Waals surface area contributed by atoms with Crippen LogP contribution in [0.5, 0.6) is 0 Å². The van der Waals surface area contributed by atoms with Crippen LogP contribution in [0.4, 0.5) is 16.2 Å². The van der Waals surface area contributed by atoms with Gasteiger partial charge in [-0.25, -0.2) is 4.79 Å². The molecule has 0 aliphatic rings. The fourth-order valence-electron chi connectivity index (χ4n) is 1.05. The quantitative estimate of drug-likeness (QED) is 0.443. The summed E-state index contributed by atoms with van der Waals surface area (Å²) >= 11 is 0. The SMILES string of the molecule is NC(=O)OCCNc1ccc([N+](=O)[O-])cc1. The molecule has 0 atom stereocenters. The minimum atomic E-state index is -0.828. The molecule has 3 N–H and O–H groups in total. The fourth-order valence-corrected chi connectivity index (χ4v) is 1.05. The fraction of sp³-hybridized carbons (Fsp3) is 0.222. The number of nitrogens with one attached hydrogen (secondary N) is 1. The monoisotopic (exact) mass is 225 g/mol. The van der Waals surface area contributed by atoms with Gasteiger partial charge in [0.25, 0.3) is 5.69 Å². The zero-order valence-corrected chi connectivity index (χ0v) is 8.38. The summed E-state index contributed by atoms with van der Waals surface area (Å²) in [5, 5.41) is 13.3. The lowest BCUT2D eigenvalue weighted by Crippen LogP contribution is -2.18. The highest BCUT2D eigenvalue weighted by atomic mass is 16.6. The number of primary amides is 1. The van der Waals surface area contributed by atoms with E-state index in [2.05, 4.69) is 10.1 Å². The first-order valence-electron chi connectivity index (χ1n) is 4.50. The van der Waals surface area contributed by atoms with Crippen LogP contribution < -0.4 is 11.1 Å². The summed E-state index contributed by atoms with van der Waals surface area (Å²) in [4.78, 5) is 20.1. The first kappa shape index (κ1) is 11.8. The maximum absolute atomic E-state index is 10.4. The molecule has 0 saturated heterocycles. The average Bonchev–Trinajstić information content (AvgIpc) is 2.25. The molecule has 86 valence electrons. The number of benzene rings is 1. The van der Waals surface area contributed by atoms with E-state index < -0.39 is 11.0 Å². The van der Waals surface area contributed by atoms with E-state index >= 15 is 0 Å². The van der Waals surface area contributed by atoms with Crippen molar-refractivity contribution in [3.63, 3.8) is 0 Å². The number of non-ortho nitro benzene ring substituents is 1. The molecule has 1 rings (SSSR count). The van der Waals surface area contributed by atoms with Gasteiger partial charge in [-0.1, -0.05) is 0 Å². The van der Waals surface area contributed by atoms with Crippen LogP contribution in [0.25, 0.3) is 0 Å². The highest BCUT2D eigenvalue weighted by molar-refractivity contribution is 5.64. The third kappa shape index (κ3) is 3.82. The Hall–Kier alpha value is -2.31. The minimum Gasteiger partial charge on any atom is -0.448 e. The number of nitro benzene ring substituents is 1. The van der Waals surface area contributed by atoms with E-state index in [1.165, 1.54) is 12.1 Å². The molecule has 1 aromatic rings. The summed E-state index contributed by atoms with van der Waals surface area (Å²) in [5.74, 6) is 0. The third-order valence-electron chi connectivity index (χ3n) is 1.75. The van der Waals surface area contributed by atoms with Crippen molar-refractivity contribution in [2.24, 2.45) is 5.73 Å². The Morgan fingerprint density at radius 3 is 2.56 bits per heavy atom. The Bertz CT molecular complexity index is 377. The van der Waals surface area contributed by atoms with Crippen LogP contribution in [-0.4, -0.2) is 24.2 Å². The molecule has 0 heterocycles. The molecule has 1 amide bonds. The van der Waals surface area contributed by atoms with E-state index in [1.54, 1.807) is 12.1 Å². The summed E-state index contributed by atoms with van der Waals surface area (Å²) in [6, 6.07) is 5.92. The molecular weight excluding hydrogens is 214 g/mol. The van der Waals surface area contributed by atoms with Crippen LogP contribution in [0.2, 0.25) is 0 Å². The second-order valence-electron chi connectivity index (χ2n) is 2.90. The van der Waals surface area contributed by atoms with Crippen molar-refractivity contribution in [1.82, 2.24) is 0 Å². The summed E-state index contributed by atoms with van der Waals surface area (Å²) in [6.45, 7) is 0.535. The minimum absolute atomic E-state index is 0.0268. The number of hydrogen-bond acceptors (Lipinski definition) is 5. The van der Waals surface area contributed by atoms with Gasteiger partial charge in [-0.2, -0.15) is 0 Å². The zero-order chi connectivity index (χ0) is 12.0. The molecule has 0 unspecified atom stereocenters. The van der Waals surface area contributed by atoms with Crippen LogP contribution in [0.15, 0.2) is 24.3 Å². The molecule has 0 aliphatic carbocycles. The average molecular weight is 225 g/mol. The van der Waals surface area contributed by atoms with Crippen LogP contribution in [-0.2, 0) is 4.74 Å². The lowest BCUT2D eigenvalue weighted by molar-refractivity contribution is -0.384. The number of nitro groups is 1. The molecule has 7 nitrogen and oxygen atoms in total. The number of ether oxygens (including phenoxy) is 1. The van der Waals surface area contributed by atoms with Gasteiger partial charge in [0.1, 0.15) is 6.61 Å². The van der Waals surface area contributed by atoms with E-state index in [4.69, 9.17) is 5.73 Å². The lowest BCUT2D eigenvalue weighted by atomic mass is 10.3. The van der Waals surface area contributed by atoms with Gasteiger partial charge in [0, 0.05) is 24.4 Å². The van der Waals surface area contributed by atoms with Crippen molar-refractivity contribution < 1.29 is 14.5 Å². The molecule has 0 spiro atoms. The summed E-state index contributed by atoms with van der Waals surface area (Å²) in [7, 11) is 0. The van der Waals surface area contributed by atoms with Gasteiger partial charge in [0.05, 0.1) is 4.92 Å². The van der Waals surface area contributed by atoms with Gasteiger partial charge in [-0.05, 0) is 12.1 Å². The smallest absolute Gasteiger partial charge is 0.404 e. The van der Waals surface area contributed by atoms with Crippen molar-refractivity contribution >= 4 is 17.5 Å². The third-order valence-corrected chi connectivity index (χ3v) is 1.75. The molecular formula is C9H11N3O4. The second kappa shape index (κ2) is 5.54. The van der Waals surface area contributed by atoms with E-state index in [0.717, 1.165) is 0 Å². The Kier molecular flexibility index (Phi) is 4.07. The van der Waals surface area contributed by atoms with Crippen LogP contribution in [0.1, 0.15) is 0 Å². The number of rotatable bonds is 5. The van der Waals surface area contributed by atoms with Crippen molar-refractivity contribution in [3.8, 4) is 0 Å². The number of carbonyl (C=O) groups excluding carboxylic acids is 1. The zero-order valence-electron chi connectivity index (χ0n) is 8.38. The van der Waals surface area contributed by atoms with E-state index in [1.807, 2.05) is 0 Å². The second-order valence-corrected chi connectivity index (χ2v) is 2.90. The summed E-state index contributed by atoms with van der Waals surface area (Å²) in [5.41, 5.74) is 5.50. The van der Waals surface area contributed by atoms with Gasteiger partial charge in [-0.15, -0.1) is 0 Å². The predicted octanol–water partition coefficient (Wildman–Crippen LogP) is 1.10. The van der Waals surface area contributed by atoms with E-state index in [9.17, 15) is 14.9 Å². The Balaban J connectivity index is 2.38. The number of nitrogens with two attached hydrogens (primary N) is 1.